The van der Waals surface area contributed by atoms with Gasteiger partial charge in [0.15, 0.2) is 0 Å². The lowest BCUT2D eigenvalue weighted by atomic mass is 9.96. The Kier molecular flexibility index (Phi) is 3.38. The second-order valence-electron chi connectivity index (χ2n) is 5.48. The summed E-state index contributed by atoms with van der Waals surface area (Å²) in [5.41, 5.74) is 5.56. The first-order chi connectivity index (χ1) is 7.64. The van der Waals surface area contributed by atoms with Gasteiger partial charge in [-0.05, 0) is 38.5 Å². The molecule has 2 aliphatic carbocycles. The number of carbonyl (C=O) groups is 1. The fourth-order valence-electron chi connectivity index (χ4n) is 2.59. The quantitative estimate of drug-likeness (QED) is 0.676. The van der Waals surface area contributed by atoms with Gasteiger partial charge in [0.25, 0.3) is 0 Å². The molecular formula is C12H23N3O. The predicted molar refractivity (Wildman–Crippen MR) is 64.1 cm³/mol. The van der Waals surface area contributed by atoms with E-state index in [1.807, 2.05) is 0 Å². The summed E-state index contributed by atoms with van der Waals surface area (Å²) in [6.45, 7) is 2.58. The summed E-state index contributed by atoms with van der Waals surface area (Å²) in [5.74, 6) is 0.576. The van der Waals surface area contributed by atoms with Crippen LogP contribution in [-0.4, -0.2) is 24.2 Å². The van der Waals surface area contributed by atoms with Crippen LogP contribution in [0, 0.1) is 5.92 Å². The van der Waals surface area contributed by atoms with Gasteiger partial charge in [-0.3, -0.25) is 0 Å². The molecule has 0 bridgehead atoms. The molecule has 0 aliphatic heterocycles. The van der Waals surface area contributed by atoms with Crippen molar-refractivity contribution in [2.24, 2.45) is 11.7 Å². The van der Waals surface area contributed by atoms with Gasteiger partial charge in [0.1, 0.15) is 0 Å². The average Bonchev–Trinajstić information content (AvgIpc) is 3.00. The zero-order valence-corrected chi connectivity index (χ0v) is 10.1. The normalized spacial score (nSPS) is 25.1. The molecule has 16 heavy (non-hydrogen) atoms. The number of rotatable bonds is 4. The van der Waals surface area contributed by atoms with Crippen LogP contribution in [0.1, 0.15) is 45.4 Å². The van der Waals surface area contributed by atoms with Gasteiger partial charge in [-0.15, -0.1) is 0 Å². The fourth-order valence-corrected chi connectivity index (χ4v) is 2.59. The molecule has 2 aliphatic rings. The summed E-state index contributed by atoms with van der Waals surface area (Å²) < 4.78 is 0. The number of urea groups is 1. The Morgan fingerprint density at radius 1 is 1.31 bits per heavy atom. The Bertz CT molecular complexity index is 259. The van der Waals surface area contributed by atoms with Crippen molar-refractivity contribution in [1.29, 1.82) is 0 Å². The minimum Gasteiger partial charge on any atom is -0.335 e. The van der Waals surface area contributed by atoms with Crippen molar-refractivity contribution in [1.82, 2.24) is 10.6 Å². The summed E-state index contributed by atoms with van der Waals surface area (Å²) >= 11 is 0. The average molecular weight is 225 g/mol. The summed E-state index contributed by atoms with van der Waals surface area (Å²) in [7, 11) is 0. The molecule has 0 radical (unpaired) electrons. The summed E-state index contributed by atoms with van der Waals surface area (Å²) in [6, 6.07) is 0.341. The minimum absolute atomic E-state index is 0.0354. The molecule has 4 heteroatoms. The first-order valence-corrected chi connectivity index (χ1v) is 6.43. The Morgan fingerprint density at radius 3 is 2.44 bits per heavy atom. The Balaban J connectivity index is 1.80. The Hall–Kier alpha value is -0.770. The molecular weight excluding hydrogens is 202 g/mol. The van der Waals surface area contributed by atoms with Crippen LogP contribution in [0.25, 0.3) is 0 Å². The molecule has 0 heterocycles. The third-order valence-electron chi connectivity index (χ3n) is 3.99. The maximum atomic E-state index is 11.8. The third-order valence-corrected chi connectivity index (χ3v) is 3.99. The molecule has 4 nitrogen and oxygen atoms in total. The zero-order valence-electron chi connectivity index (χ0n) is 10.1. The molecule has 4 N–H and O–H groups in total. The Morgan fingerprint density at radius 2 is 1.94 bits per heavy atom. The van der Waals surface area contributed by atoms with Crippen LogP contribution in [0.2, 0.25) is 0 Å². The third kappa shape index (κ3) is 2.67. The van der Waals surface area contributed by atoms with Crippen LogP contribution in [0.15, 0.2) is 0 Å². The van der Waals surface area contributed by atoms with Crippen molar-refractivity contribution in [2.45, 2.75) is 57.0 Å². The van der Waals surface area contributed by atoms with E-state index in [-0.39, 0.29) is 11.6 Å². The van der Waals surface area contributed by atoms with E-state index in [1.165, 1.54) is 25.7 Å². The minimum atomic E-state index is -0.206. The van der Waals surface area contributed by atoms with Crippen LogP contribution >= 0.6 is 0 Å². The van der Waals surface area contributed by atoms with Gasteiger partial charge in [0.2, 0.25) is 0 Å². The topological polar surface area (TPSA) is 67.1 Å². The highest BCUT2D eigenvalue weighted by molar-refractivity contribution is 5.75. The van der Waals surface area contributed by atoms with Crippen molar-refractivity contribution in [3.05, 3.63) is 0 Å². The first kappa shape index (κ1) is 11.7. The highest BCUT2D eigenvalue weighted by Gasteiger charge is 2.41. The highest BCUT2D eigenvalue weighted by atomic mass is 16.2. The lowest BCUT2D eigenvalue weighted by Crippen LogP contribution is -2.57. The van der Waals surface area contributed by atoms with E-state index in [0.29, 0.717) is 18.5 Å². The standard InChI is InChI=1S/C12H23N3O/c1-12(8-13,9-6-7-9)15-11(16)14-10-4-2-3-5-10/h9-10H,2-8,13H2,1H3,(H2,14,15,16). The molecule has 92 valence electrons. The van der Waals surface area contributed by atoms with Gasteiger partial charge in [0, 0.05) is 12.6 Å². The number of amides is 2. The largest absolute Gasteiger partial charge is 0.335 e. The van der Waals surface area contributed by atoms with Gasteiger partial charge in [-0.1, -0.05) is 12.8 Å². The molecule has 0 aromatic heterocycles. The number of carbonyl (C=O) groups excluding carboxylic acids is 1. The second kappa shape index (κ2) is 4.62. The highest BCUT2D eigenvalue weighted by Crippen LogP contribution is 2.38. The molecule has 0 spiro atoms. The summed E-state index contributed by atoms with van der Waals surface area (Å²) in [5, 5.41) is 6.10. The first-order valence-electron chi connectivity index (χ1n) is 6.43. The molecule has 2 saturated carbocycles. The van der Waals surface area contributed by atoms with E-state index in [0.717, 1.165) is 12.8 Å². The summed E-state index contributed by atoms with van der Waals surface area (Å²) in [6.07, 6.45) is 7.10. The summed E-state index contributed by atoms with van der Waals surface area (Å²) in [4.78, 5) is 11.8. The van der Waals surface area contributed by atoms with Crippen LogP contribution in [0.3, 0.4) is 0 Å². The van der Waals surface area contributed by atoms with Crippen molar-refractivity contribution in [2.75, 3.05) is 6.54 Å². The van der Waals surface area contributed by atoms with E-state index in [9.17, 15) is 4.79 Å². The van der Waals surface area contributed by atoms with E-state index >= 15 is 0 Å². The van der Waals surface area contributed by atoms with Crippen molar-refractivity contribution >= 4 is 6.03 Å². The number of hydrogen-bond acceptors (Lipinski definition) is 2. The molecule has 2 rings (SSSR count). The van der Waals surface area contributed by atoms with Gasteiger partial charge in [-0.2, -0.15) is 0 Å². The van der Waals surface area contributed by atoms with Crippen molar-refractivity contribution in [3.8, 4) is 0 Å². The van der Waals surface area contributed by atoms with Gasteiger partial charge < -0.3 is 16.4 Å². The second-order valence-corrected chi connectivity index (χ2v) is 5.48. The molecule has 1 unspecified atom stereocenters. The number of nitrogens with one attached hydrogen (secondary N) is 2. The van der Waals surface area contributed by atoms with Crippen molar-refractivity contribution in [3.63, 3.8) is 0 Å². The van der Waals surface area contributed by atoms with Crippen LogP contribution in [0.4, 0.5) is 4.79 Å². The lowest BCUT2D eigenvalue weighted by molar-refractivity contribution is 0.219. The van der Waals surface area contributed by atoms with Gasteiger partial charge >= 0.3 is 6.03 Å². The van der Waals surface area contributed by atoms with E-state index < -0.39 is 0 Å². The smallest absolute Gasteiger partial charge is 0.315 e. The maximum absolute atomic E-state index is 11.8. The monoisotopic (exact) mass is 225 g/mol. The molecule has 0 saturated heterocycles. The zero-order chi connectivity index (χ0) is 11.6. The predicted octanol–water partition coefficient (Wildman–Crippen LogP) is 1.36. The van der Waals surface area contributed by atoms with E-state index in [1.54, 1.807) is 0 Å². The van der Waals surface area contributed by atoms with Gasteiger partial charge in [0.05, 0.1) is 5.54 Å². The Labute approximate surface area is 97.3 Å². The van der Waals surface area contributed by atoms with E-state index in [4.69, 9.17) is 5.73 Å². The van der Waals surface area contributed by atoms with Crippen LogP contribution < -0.4 is 16.4 Å². The molecule has 1 atom stereocenters. The molecule has 2 amide bonds. The van der Waals surface area contributed by atoms with E-state index in [2.05, 4.69) is 17.6 Å². The maximum Gasteiger partial charge on any atom is 0.315 e. The molecule has 0 aromatic rings. The number of hydrogen-bond donors (Lipinski definition) is 3. The molecule has 0 aromatic carbocycles. The van der Waals surface area contributed by atoms with Gasteiger partial charge in [-0.25, -0.2) is 4.79 Å². The molecule has 2 fully saturated rings. The van der Waals surface area contributed by atoms with Crippen molar-refractivity contribution < 1.29 is 4.79 Å². The number of nitrogens with two attached hydrogens (primary N) is 1. The SMILES string of the molecule is CC(CN)(NC(=O)NC1CCCC1)C1CC1. The fraction of sp³-hybridized carbons (Fsp3) is 0.917. The lowest BCUT2D eigenvalue weighted by Gasteiger charge is -2.30. The van der Waals surface area contributed by atoms with Crippen LogP contribution in [0.5, 0.6) is 0 Å². The van der Waals surface area contributed by atoms with Crippen LogP contribution in [-0.2, 0) is 0 Å².